The Morgan fingerprint density at radius 3 is 3.00 bits per heavy atom. The fraction of sp³-hybridized carbons (Fsp3) is 0.286. The number of fused-ring (bicyclic) bond motifs is 1. The van der Waals surface area contributed by atoms with E-state index in [2.05, 4.69) is 27.0 Å². The molecule has 3 heterocycles. The van der Waals surface area contributed by atoms with Gasteiger partial charge in [0.15, 0.2) is 5.82 Å². The van der Waals surface area contributed by atoms with Crippen LogP contribution in [0.25, 0.3) is 11.3 Å². The number of rotatable bonds is 6. The van der Waals surface area contributed by atoms with Crippen LogP contribution in [0.2, 0.25) is 0 Å². The number of anilines is 1. The summed E-state index contributed by atoms with van der Waals surface area (Å²) in [4.78, 5) is 27.9. The average molecular weight is 410 g/mol. The highest BCUT2D eigenvalue weighted by atomic mass is 32.1. The molecule has 8 heteroatoms. The smallest absolute Gasteiger partial charge is 0.226 e. The maximum atomic E-state index is 12.5. The van der Waals surface area contributed by atoms with Crippen molar-refractivity contribution in [3.8, 4) is 17.0 Å². The molecule has 4 rings (SSSR count). The van der Waals surface area contributed by atoms with Crippen molar-refractivity contribution in [1.82, 2.24) is 15.1 Å². The van der Waals surface area contributed by atoms with Gasteiger partial charge in [0.25, 0.3) is 0 Å². The summed E-state index contributed by atoms with van der Waals surface area (Å²) in [7, 11) is 1.61. The highest BCUT2D eigenvalue weighted by Crippen LogP contribution is 2.29. The Balaban J connectivity index is 1.30. The molecule has 0 spiro atoms. The first-order valence-electron chi connectivity index (χ1n) is 9.45. The van der Waals surface area contributed by atoms with Gasteiger partial charge in [0.2, 0.25) is 11.8 Å². The van der Waals surface area contributed by atoms with Gasteiger partial charge in [-0.3, -0.25) is 14.7 Å². The first-order chi connectivity index (χ1) is 14.1. The topological polar surface area (TPSA) is 87.3 Å². The first kappa shape index (κ1) is 19.2. The number of para-hydroxylation sites is 1. The number of methoxy groups -OCH3 is 1. The van der Waals surface area contributed by atoms with Crippen LogP contribution in [0, 0.1) is 0 Å². The fourth-order valence-electron chi connectivity index (χ4n) is 3.44. The number of nitrogens with zero attached hydrogens (tertiary/aromatic N) is 2. The first-order valence-corrected chi connectivity index (χ1v) is 10.3. The number of carbonyl (C=O) groups is 2. The molecule has 0 unspecified atom stereocenters. The second-order valence-electron chi connectivity index (χ2n) is 6.85. The van der Waals surface area contributed by atoms with Crippen LogP contribution >= 0.6 is 11.3 Å². The van der Waals surface area contributed by atoms with E-state index in [0.717, 1.165) is 30.0 Å². The summed E-state index contributed by atoms with van der Waals surface area (Å²) < 4.78 is 5.35. The lowest BCUT2D eigenvalue weighted by molar-refractivity contribution is -0.133. The maximum absolute atomic E-state index is 12.5. The Labute approximate surface area is 172 Å². The molecule has 0 saturated carbocycles. The van der Waals surface area contributed by atoms with Gasteiger partial charge in [0.1, 0.15) is 5.75 Å². The summed E-state index contributed by atoms with van der Waals surface area (Å²) in [6.07, 6.45) is 1.21. The van der Waals surface area contributed by atoms with E-state index in [-0.39, 0.29) is 24.7 Å². The van der Waals surface area contributed by atoms with Gasteiger partial charge in [-0.1, -0.05) is 12.1 Å². The Kier molecular flexibility index (Phi) is 5.62. The van der Waals surface area contributed by atoms with Gasteiger partial charge in [0.05, 0.1) is 12.8 Å². The number of ether oxygens (including phenoxy) is 1. The van der Waals surface area contributed by atoms with Crippen LogP contribution in [0.3, 0.4) is 0 Å². The van der Waals surface area contributed by atoms with Gasteiger partial charge in [-0.2, -0.15) is 5.10 Å². The number of benzene rings is 1. The maximum Gasteiger partial charge on any atom is 0.226 e. The molecule has 1 aliphatic heterocycles. The summed E-state index contributed by atoms with van der Waals surface area (Å²) in [6, 6.07) is 11.4. The molecule has 29 heavy (non-hydrogen) atoms. The van der Waals surface area contributed by atoms with Crippen molar-refractivity contribution in [1.29, 1.82) is 0 Å². The minimum Gasteiger partial charge on any atom is -0.496 e. The molecule has 3 aromatic rings. The highest BCUT2D eigenvalue weighted by molar-refractivity contribution is 7.10. The Bertz CT molecular complexity index is 1030. The third kappa shape index (κ3) is 4.32. The molecule has 2 N–H and O–H groups in total. The van der Waals surface area contributed by atoms with Crippen LogP contribution in [0.1, 0.15) is 23.3 Å². The predicted octanol–water partition coefficient (Wildman–Crippen LogP) is 3.45. The number of hydrogen-bond acceptors (Lipinski definition) is 5. The quantitative estimate of drug-likeness (QED) is 0.652. The molecule has 1 aromatic carbocycles. The molecule has 0 bridgehead atoms. The Hall–Kier alpha value is -3.13. The lowest BCUT2D eigenvalue weighted by Crippen LogP contribution is -2.35. The lowest BCUT2D eigenvalue weighted by Gasteiger charge is -2.27. The SMILES string of the molecule is COc1ccccc1-c1cc(NC(=O)CCC(=O)N2CCc3sccc3C2)n[nH]1. The molecule has 7 nitrogen and oxygen atoms in total. The molecule has 0 aliphatic carbocycles. The van der Waals surface area contributed by atoms with Crippen LogP contribution in [0.5, 0.6) is 5.75 Å². The summed E-state index contributed by atoms with van der Waals surface area (Å²) in [5.41, 5.74) is 2.82. The number of H-pyrrole nitrogens is 1. The van der Waals surface area contributed by atoms with E-state index in [1.807, 2.05) is 29.2 Å². The van der Waals surface area contributed by atoms with Crippen LogP contribution in [0.15, 0.2) is 41.8 Å². The van der Waals surface area contributed by atoms with Crippen molar-refractivity contribution in [2.75, 3.05) is 19.0 Å². The molecule has 0 saturated heterocycles. The predicted molar refractivity (Wildman–Crippen MR) is 112 cm³/mol. The van der Waals surface area contributed by atoms with Crippen molar-refractivity contribution in [3.05, 3.63) is 52.2 Å². The second-order valence-corrected chi connectivity index (χ2v) is 7.85. The zero-order chi connectivity index (χ0) is 20.2. The minimum absolute atomic E-state index is 0.00809. The second kappa shape index (κ2) is 8.48. The Morgan fingerprint density at radius 2 is 2.14 bits per heavy atom. The van der Waals surface area contributed by atoms with Crippen LogP contribution in [0.4, 0.5) is 5.82 Å². The number of aromatic amines is 1. The summed E-state index contributed by atoms with van der Waals surface area (Å²) in [6.45, 7) is 1.36. The molecule has 150 valence electrons. The monoisotopic (exact) mass is 410 g/mol. The third-order valence-electron chi connectivity index (χ3n) is 4.97. The highest BCUT2D eigenvalue weighted by Gasteiger charge is 2.22. The van der Waals surface area contributed by atoms with Gasteiger partial charge >= 0.3 is 0 Å². The summed E-state index contributed by atoms with van der Waals surface area (Å²) in [5, 5.41) is 11.9. The molecule has 2 aromatic heterocycles. The number of nitrogens with one attached hydrogen (secondary N) is 2. The van der Waals surface area contributed by atoms with E-state index in [0.29, 0.717) is 12.4 Å². The Morgan fingerprint density at radius 1 is 1.28 bits per heavy atom. The molecule has 0 radical (unpaired) electrons. The van der Waals surface area contributed by atoms with Gasteiger partial charge in [-0.15, -0.1) is 11.3 Å². The van der Waals surface area contributed by atoms with Gasteiger partial charge in [0, 0.05) is 42.4 Å². The normalized spacial score (nSPS) is 13.1. The molecule has 0 fully saturated rings. The van der Waals surface area contributed by atoms with Crippen molar-refractivity contribution in [2.45, 2.75) is 25.8 Å². The summed E-state index contributed by atoms with van der Waals surface area (Å²) >= 11 is 1.74. The number of carbonyl (C=O) groups excluding carboxylic acids is 2. The summed E-state index contributed by atoms with van der Waals surface area (Å²) in [5.74, 6) is 0.914. The molecule has 2 amide bonds. The van der Waals surface area contributed by atoms with Gasteiger partial charge in [-0.25, -0.2) is 0 Å². The zero-order valence-electron chi connectivity index (χ0n) is 16.1. The largest absolute Gasteiger partial charge is 0.496 e. The third-order valence-corrected chi connectivity index (χ3v) is 5.99. The van der Waals surface area contributed by atoms with Crippen molar-refractivity contribution >= 4 is 29.0 Å². The molecule has 1 aliphatic rings. The molecule has 0 atom stereocenters. The van der Waals surface area contributed by atoms with Gasteiger partial charge in [-0.05, 0) is 35.6 Å². The van der Waals surface area contributed by atoms with Crippen molar-refractivity contribution < 1.29 is 14.3 Å². The zero-order valence-corrected chi connectivity index (χ0v) is 16.9. The number of hydrogen-bond donors (Lipinski definition) is 2. The molecular formula is C21H22N4O3S. The van der Waals surface area contributed by atoms with E-state index < -0.39 is 0 Å². The van der Waals surface area contributed by atoms with Crippen LogP contribution in [-0.4, -0.2) is 40.6 Å². The number of thiophene rings is 1. The van der Waals surface area contributed by atoms with E-state index in [1.165, 1.54) is 10.4 Å². The van der Waals surface area contributed by atoms with Crippen molar-refractivity contribution in [2.24, 2.45) is 0 Å². The van der Waals surface area contributed by atoms with Gasteiger partial charge < -0.3 is 15.0 Å². The lowest BCUT2D eigenvalue weighted by atomic mass is 10.1. The number of amides is 2. The minimum atomic E-state index is -0.232. The van der Waals surface area contributed by atoms with E-state index in [4.69, 9.17) is 4.74 Å². The average Bonchev–Trinajstić information content (AvgIpc) is 3.40. The van der Waals surface area contributed by atoms with Crippen molar-refractivity contribution in [3.63, 3.8) is 0 Å². The number of aromatic nitrogens is 2. The van der Waals surface area contributed by atoms with Crippen LogP contribution < -0.4 is 10.1 Å². The standard InChI is InChI=1S/C21H22N4O3S/c1-28-17-5-3-2-4-15(17)16-12-19(24-23-16)22-20(26)6-7-21(27)25-10-8-18-14(13-25)9-11-29-18/h2-5,9,11-12H,6-8,10,13H2,1H3,(H2,22,23,24,26). The van der Waals surface area contributed by atoms with Crippen LogP contribution in [-0.2, 0) is 22.6 Å². The van der Waals surface area contributed by atoms with E-state index in [9.17, 15) is 9.59 Å². The van der Waals surface area contributed by atoms with E-state index in [1.54, 1.807) is 24.5 Å². The fourth-order valence-corrected chi connectivity index (χ4v) is 4.33. The van der Waals surface area contributed by atoms with E-state index >= 15 is 0 Å². The molecular weight excluding hydrogens is 388 g/mol.